The van der Waals surface area contributed by atoms with Crippen LogP contribution in [0, 0.1) is 0 Å². The van der Waals surface area contributed by atoms with Crippen molar-refractivity contribution in [2.75, 3.05) is 26.3 Å². The minimum absolute atomic E-state index is 0.0923. The third kappa shape index (κ3) is 4.96. The zero-order valence-electron chi connectivity index (χ0n) is 21.0. The highest BCUT2D eigenvalue weighted by molar-refractivity contribution is 6.00. The molecule has 1 N–H and O–H groups in total. The molecule has 1 atom stereocenters. The second kappa shape index (κ2) is 9.68. The molecule has 0 aromatic heterocycles. The first kappa shape index (κ1) is 25.0. The maximum atomic E-state index is 13.3. The Hall–Kier alpha value is -2.62. The Morgan fingerprint density at radius 1 is 1.22 bits per heavy atom. The van der Waals surface area contributed by atoms with Gasteiger partial charge in [-0.05, 0) is 62.4 Å². The molecule has 1 saturated heterocycles. The number of halogens is 3. The number of hydrazine groups is 1. The summed E-state index contributed by atoms with van der Waals surface area (Å²) in [6.45, 7) is 8.93. The SMILES string of the molecule is CCC1=C2N3CCC(C)(CC3)OC/C=C/c3cc(C(F)(F)F)ccc3COCC3C=C(N=C1C)N2N3. The number of benzene rings is 1. The Bertz CT molecular complexity index is 1130. The van der Waals surface area contributed by atoms with Gasteiger partial charge in [-0.3, -0.25) is 0 Å². The predicted octanol–water partition coefficient (Wildman–Crippen LogP) is 5.25. The molecule has 6 nitrogen and oxygen atoms in total. The van der Waals surface area contributed by atoms with Gasteiger partial charge in [0.2, 0.25) is 0 Å². The zero-order chi connectivity index (χ0) is 25.5. The smallest absolute Gasteiger partial charge is 0.375 e. The number of hydrogen-bond acceptors (Lipinski definition) is 6. The molecular weight excluding hydrogens is 469 g/mol. The molecule has 36 heavy (non-hydrogen) atoms. The van der Waals surface area contributed by atoms with Crippen molar-refractivity contribution in [1.29, 1.82) is 0 Å². The fourth-order valence-electron chi connectivity index (χ4n) is 5.26. The van der Waals surface area contributed by atoms with Gasteiger partial charge in [-0.25, -0.2) is 15.4 Å². The molecule has 0 amide bonds. The molecule has 4 bridgehead atoms. The van der Waals surface area contributed by atoms with E-state index < -0.39 is 11.7 Å². The number of fused-ring (bicyclic) bond motifs is 6. The summed E-state index contributed by atoms with van der Waals surface area (Å²) < 4.78 is 52.3. The van der Waals surface area contributed by atoms with E-state index in [0.29, 0.717) is 24.3 Å². The summed E-state index contributed by atoms with van der Waals surface area (Å²) in [6.07, 6.45) is 3.76. The Kier molecular flexibility index (Phi) is 6.74. The van der Waals surface area contributed by atoms with Gasteiger partial charge < -0.3 is 14.4 Å². The van der Waals surface area contributed by atoms with Crippen molar-refractivity contribution in [3.05, 3.63) is 64.3 Å². The number of rotatable bonds is 1. The molecule has 5 aliphatic rings. The van der Waals surface area contributed by atoms with Gasteiger partial charge in [0.05, 0.1) is 37.0 Å². The largest absolute Gasteiger partial charge is 0.416 e. The molecule has 5 heterocycles. The highest BCUT2D eigenvalue weighted by Crippen LogP contribution is 2.36. The molecule has 0 saturated carbocycles. The Morgan fingerprint density at radius 2 is 2.00 bits per heavy atom. The maximum absolute atomic E-state index is 13.3. The van der Waals surface area contributed by atoms with E-state index >= 15 is 0 Å². The fraction of sp³-hybridized carbons (Fsp3) is 0.519. The summed E-state index contributed by atoms with van der Waals surface area (Å²) in [5, 5.41) is 2.08. The van der Waals surface area contributed by atoms with Crippen molar-refractivity contribution in [1.82, 2.24) is 15.3 Å². The lowest BCUT2D eigenvalue weighted by Crippen LogP contribution is -2.51. The number of allylic oxidation sites excluding steroid dienone is 1. The number of alkyl halides is 3. The van der Waals surface area contributed by atoms with E-state index in [9.17, 15) is 13.2 Å². The molecule has 0 radical (unpaired) electrons. The summed E-state index contributed by atoms with van der Waals surface area (Å²) in [5.74, 6) is 2.01. The zero-order valence-corrected chi connectivity index (χ0v) is 21.0. The lowest BCUT2D eigenvalue weighted by molar-refractivity contribution is -0.137. The van der Waals surface area contributed by atoms with Crippen molar-refractivity contribution in [2.24, 2.45) is 4.99 Å². The van der Waals surface area contributed by atoms with Crippen molar-refractivity contribution >= 4 is 11.8 Å². The number of hydrogen-bond donors (Lipinski definition) is 1. The highest BCUT2D eigenvalue weighted by atomic mass is 19.4. The van der Waals surface area contributed by atoms with Gasteiger partial charge in [-0.1, -0.05) is 25.1 Å². The van der Waals surface area contributed by atoms with Crippen LogP contribution in [0.5, 0.6) is 0 Å². The summed E-state index contributed by atoms with van der Waals surface area (Å²) in [7, 11) is 0. The Morgan fingerprint density at radius 3 is 2.72 bits per heavy atom. The Balaban J connectivity index is 1.47. The highest BCUT2D eigenvalue weighted by Gasteiger charge is 2.38. The van der Waals surface area contributed by atoms with E-state index in [0.717, 1.165) is 55.8 Å². The summed E-state index contributed by atoms with van der Waals surface area (Å²) >= 11 is 0. The quantitative estimate of drug-likeness (QED) is 0.569. The number of aliphatic imine (C=N–C) groups is 1. The van der Waals surface area contributed by atoms with E-state index in [4.69, 9.17) is 14.5 Å². The van der Waals surface area contributed by atoms with Crippen LogP contribution in [0.15, 0.2) is 52.6 Å². The first-order valence-electron chi connectivity index (χ1n) is 12.6. The van der Waals surface area contributed by atoms with Crippen molar-refractivity contribution in [2.45, 2.75) is 64.5 Å². The van der Waals surface area contributed by atoms with Crippen molar-refractivity contribution in [3.8, 4) is 0 Å². The van der Waals surface area contributed by atoms with Crippen molar-refractivity contribution in [3.63, 3.8) is 0 Å². The second-order valence-corrected chi connectivity index (χ2v) is 10.0. The average molecular weight is 503 g/mol. The molecule has 6 rings (SSSR count). The molecule has 9 heteroatoms. The molecule has 0 aliphatic carbocycles. The first-order chi connectivity index (χ1) is 17.2. The van der Waals surface area contributed by atoms with Gasteiger partial charge in [0, 0.05) is 24.4 Å². The standard InChI is InChI=1S/C27H33F3N4O2/c1-4-23-18(2)31-24-15-22-17-35-16-20-7-8-21(27(28,29)30)14-19(20)6-5-13-36-26(3)9-11-33(12-10-26)25(23)34(24)32-22/h5-8,14-15,22,32H,4,9-13,16-17H2,1-3H3/b6-5+. The van der Waals surface area contributed by atoms with Crippen LogP contribution in [0.4, 0.5) is 13.2 Å². The molecule has 0 spiro atoms. The van der Waals surface area contributed by atoms with Crippen LogP contribution in [0.25, 0.3) is 6.08 Å². The molecule has 1 aromatic rings. The van der Waals surface area contributed by atoms with Crippen LogP contribution in [0.3, 0.4) is 0 Å². The number of nitrogens with zero attached hydrogens (tertiary/aromatic N) is 3. The van der Waals surface area contributed by atoms with Crippen LogP contribution in [-0.4, -0.2) is 53.6 Å². The van der Waals surface area contributed by atoms with Gasteiger partial charge in [-0.2, -0.15) is 13.2 Å². The number of nitrogens with one attached hydrogen (secondary N) is 1. The summed E-state index contributed by atoms with van der Waals surface area (Å²) in [6, 6.07) is 3.70. The molecule has 194 valence electrons. The van der Waals surface area contributed by atoms with Crippen LogP contribution in [0.2, 0.25) is 0 Å². The maximum Gasteiger partial charge on any atom is 0.416 e. The molecule has 1 unspecified atom stereocenters. The lowest BCUT2D eigenvalue weighted by atomic mass is 9.92. The van der Waals surface area contributed by atoms with E-state index in [1.165, 1.54) is 17.7 Å². The van der Waals surface area contributed by atoms with Gasteiger partial charge >= 0.3 is 6.18 Å². The van der Waals surface area contributed by atoms with Gasteiger partial charge in [0.15, 0.2) is 0 Å². The van der Waals surface area contributed by atoms with Crippen LogP contribution in [0.1, 0.15) is 56.7 Å². The van der Waals surface area contributed by atoms with E-state index in [1.807, 2.05) is 0 Å². The predicted molar refractivity (Wildman–Crippen MR) is 133 cm³/mol. The van der Waals surface area contributed by atoms with Gasteiger partial charge in [-0.15, -0.1) is 0 Å². The average Bonchev–Trinajstić information content (AvgIpc) is 3.23. The van der Waals surface area contributed by atoms with E-state index in [1.54, 1.807) is 12.2 Å². The van der Waals surface area contributed by atoms with Crippen LogP contribution >= 0.6 is 0 Å². The van der Waals surface area contributed by atoms with Crippen molar-refractivity contribution < 1.29 is 22.6 Å². The fourth-order valence-corrected chi connectivity index (χ4v) is 5.26. The molecule has 1 fully saturated rings. The topological polar surface area (TPSA) is 49.3 Å². The third-order valence-electron chi connectivity index (χ3n) is 7.40. The van der Waals surface area contributed by atoms with Gasteiger partial charge in [0.25, 0.3) is 0 Å². The summed E-state index contributed by atoms with van der Waals surface area (Å²) in [5.41, 5.74) is 6.01. The van der Waals surface area contributed by atoms with E-state index in [2.05, 4.69) is 42.2 Å². The number of ether oxygens (including phenoxy) is 2. The lowest BCUT2D eigenvalue weighted by Gasteiger charge is -2.44. The second-order valence-electron chi connectivity index (χ2n) is 10.0. The monoisotopic (exact) mass is 502 g/mol. The molecule has 5 aliphatic heterocycles. The van der Waals surface area contributed by atoms with Crippen LogP contribution in [-0.2, 0) is 22.3 Å². The van der Waals surface area contributed by atoms with Gasteiger partial charge in [0.1, 0.15) is 11.6 Å². The number of piperidine rings is 1. The minimum atomic E-state index is -4.40. The Labute approximate surface area is 210 Å². The molecular formula is C27H33F3N4O2. The minimum Gasteiger partial charge on any atom is -0.375 e. The summed E-state index contributed by atoms with van der Waals surface area (Å²) in [4.78, 5) is 7.24. The normalized spacial score (nSPS) is 28.0. The molecule has 1 aromatic carbocycles. The third-order valence-corrected chi connectivity index (χ3v) is 7.40. The van der Waals surface area contributed by atoms with E-state index in [-0.39, 0.29) is 18.2 Å². The van der Waals surface area contributed by atoms with Crippen LogP contribution < -0.4 is 5.43 Å². The first-order valence-corrected chi connectivity index (χ1v) is 12.6.